The first-order valence-electron chi connectivity index (χ1n) is 9.62. The van der Waals surface area contributed by atoms with Gasteiger partial charge < -0.3 is 0 Å². The lowest BCUT2D eigenvalue weighted by molar-refractivity contribution is 0.905. The van der Waals surface area contributed by atoms with Crippen molar-refractivity contribution in [2.75, 3.05) is 17.7 Å². The highest BCUT2D eigenvalue weighted by Crippen LogP contribution is 2.55. The van der Waals surface area contributed by atoms with Gasteiger partial charge in [-0.05, 0) is 72.7 Å². The zero-order chi connectivity index (χ0) is 19.0. The van der Waals surface area contributed by atoms with E-state index in [4.69, 9.17) is 0 Å². The third kappa shape index (κ3) is 4.80. The van der Waals surface area contributed by atoms with E-state index in [2.05, 4.69) is 110 Å². The molecular formula is C24H28PS2+. The lowest BCUT2D eigenvalue weighted by atomic mass is 10.2. The van der Waals surface area contributed by atoms with Crippen molar-refractivity contribution in [3.8, 4) is 0 Å². The standard InChI is InChI=1S/C24H27PS2/c26-19-8-7-18-25(22-9-3-1-4-10-22,23-11-5-2-6-12-23)24-15-13-21(14-16-24)17-20-27/h1-6,9-16H,7-8,17-20H2,(H-,26,27)/p+1. The molecule has 0 fully saturated rings. The Balaban J connectivity index is 2.16. The number of unbranched alkanes of at least 4 members (excludes halogenated alkanes) is 1. The maximum absolute atomic E-state index is 4.45. The molecule has 0 aliphatic heterocycles. The number of thiol groups is 2. The van der Waals surface area contributed by atoms with Gasteiger partial charge in [-0.3, -0.25) is 0 Å². The monoisotopic (exact) mass is 411 g/mol. The van der Waals surface area contributed by atoms with Crippen molar-refractivity contribution >= 4 is 48.4 Å². The van der Waals surface area contributed by atoms with E-state index in [-0.39, 0.29) is 0 Å². The lowest BCUT2D eigenvalue weighted by Gasteiger charge is -2.28. The highest BCUT2D eigenvalue weighted by molar-refractivity contribution is 7.95. The molecule has 0 aliphatic rings. The van der Waals surface area contributed by atoms with Crippen LogP contribution in [0, 0.1) is 0 Å². The Hall–Kier alpha value is -1.21. The normalized spacial score (nSPS) is 11.5. The van der Waals surface area contributed by atoms with Crippen molar-refractivity contribution in [1.29, 1.82) is 0 Å². The first kappa shape index (κ1) is 20.5. The van der Waals surface area contributed by atoms with Crippen molar-refractivity contribution in [2.24, 2.45) is 0 Å². The Morgan fingerprint density at radius 1 is 0.556 bits per heavy atom. The molecule has 3 rings (SSSR count). The van der Waals surface area contributed by atoms with Crippen molar-refractivity contribution in [1.82, 2.24) is 0 Å². The third-order valence-electron chi connectivity index (χ3n) is 5.07. The molecule has 0 heterocycles. The molecule has 0 unspecified atom stereocenters. The van der Waals surface area contributed by atoms with E-state index in [1.807, 2.05) is 0 Å². The van der Waals surface area contributed by atoms with Crippen LogP contribution < -0.4 is 15.9 Å². The number of aryl methyl sites for hydroxylation is 1. The van der Waals surface area contributed by atoms with Gasteiger partial charge in [0.25, 0.3) is 0 Å². The van der Waals surface area contributed by atoms with Crippen LogP contribution in [0.25, 0.3) is 0 Å². The summed E-state index contributed by atoms with van der Waals surface area (Å²) in [4.78, 5) is 0. The van der Waals surface area contributed by atoms with E-state index in [1.54, 1.807) is 0 Å². The fraction of sp³-hybridized carbons (Fsp3) is 0.250. The lowest BCUT2D eigenvalue weighted by Crippen LogP contribution is -2.33. The van der Waals surface area contributed by atoms with E-state index in [1.165, 1.54) is 34.1 Å². The van der Waals surface area contributed by atoms with Crippen LogP contribution in [0.5, 0.6) is 0 Å². The van der Waals surface area contributed by atoms with Crippen molar-refractivity contribution in [3.05, 3.63) is 90.5 Å². The molecular weight excluding hydrogens is 383 g/mol. The molecule has 0 radical (unpaired) electrons. The predicted octanol–water partition coefficient (Wildman–Crippen LogP) is 5.16. The summed E-state index contributed by atoms with van der Waals surface area (Å²) in [5.74, 6) is 1.84. The molecule has 3 heteroatoms. The molecule has 140 valence electrons. The van der Waals surface area contributed by atoms with Crippen LogP contribution in [0.4, 0.5) is 0 Å². The summed E-state index contributed by atoms with van der Waals surface area (Å²) in [5, 5.41) is 4.41. The molecule has 0 bridgehead atoms. The Bertz CT molecular complexity index is 761. The summed E-state index contributed by atoms with van der Waals surface area (Å²) in [7, 11) is -1.67. The summed E-state index contributed by atoms with van der Waals surface area (Å²) in [6, 6.07) is 31.6. The second-order valence-corrected chi connectivity index (χ2v) is 11.3. The topological polar surface area (TPSA) is 0 Å². The van der Waals surface area contributed by atoms with Gasteiger partial charge >= 0.3 is 0 Å². The van der Waals surface area contributed by atoms with Crippen LogP contribution >= 0.6 is 32.5 Å². The van der Waals surface area contributed by atoms with Crippen LogP contribution in [-0.4, -0.2) is 17.7 Å². The zero-order valence-corrected chi connectivity index (χ0v) is 18.4. The van der Waals surface area contributed by atoms with E-state index >= 15 is 0 Å². The fourth-order valence-electron chi connectivity index (χ4n) is 3.71. The molecule has 0 N–H and O–H groups in total. The van der Waals surface area contributed by atoms with Gasteiger partial charge in [0.1, 0.15) is 23.2 Å². The predicted molar refractivity (Wildman–Crippen MR) is 131 cm³/mol. The first-order chi connectivity index (χ1) is 13.3. The first-order valence-corrected chi connectivity index (χ1v) is 12.9. The Morgan fingerprint density at radius 2 is 1.07 bits per heavy atom. The van der Waals surface area contributed by atoms with E-state index in [0.717, 1.165) is 24.3 Å². The zero-order valence-electron chi connectivity index (χ0n) is 15.7. The van der Waals surface area contributed by atoms with Gasteiger partial charge in [0, 0.05) is 0 Å². The Labute approximate surface area is 175 Å². The average Bonchev–Trinajstić information content (AvgIpc) is 2.74. The van der Waals surface area contributed by atoms with Crippen LogP contribution in [0.3, 0.4) is 0 Å². The van der Waals surface area contributed by atoms with Crippen molar-refractivity contribution in [3.63, 3.8) is 0 Å². The molecule has 0 spiro atoms. The fourth-order valence-corrected chi connectivity index (χ4v) is 8.58. The maximum atomic E-state index is 4.45. The SMILES string of the molecule is SCCCC[P+](c1ccccc1)(c1ccccc1)c1ccc(CCS)cc1. The molecule has 0 nitrogen and oxygen atoms in total. The number of hydrogen-bond donors (Lipinski definition) is 2. The van der Waals surface area contributed by atoms with E-state index in [9.17, 15) is 0 Å². The van der Waals surface area contributed by atoms with Crippen LogP contribution in [0.1, 0.15) is 18.4 Å². The minimum Gasteiger partial charge on any atom is -0.179 e. The largest absolute Gasteiger partial charge is 0.179 e. The second kappa shape index (κ2) is 10.4. The number of hydrogen-bond acceptors (Lipinski definition) is 2. The van der Waals surface area contributed by atoms with Gasteiger partial charge in [0.2, 0.25) is 0 Å². The average molecular weight is 412 g/mol. The number of rotatable bonds is 9. The van der Waals surface area contributed by atoms with Gasteiger partial charge in [-0.25, -0.2) is 0 Å². The van der Waals surface area contributed by atoms with Gasteiger partial charge in [0.05, 0.1) is 6.16 Å². The second-order valence-electron chi connectivity index (χ2n) is 6.78. The maximum Gasteiger partial charge on any atom is 0.112 e. The molecule has 0 saturated carbocycles. The quantitative estimate of drug-likeness (QED) is 0.271. The van der Waals surface area contributed by atoms with Crippen molar-refractivity contribution in [2.45, 2.75) is 19.3 Å². The highest BCUT2D eigenvalue weighted by Gasteiger charge is 2.44. The van der Waals surface area contributed by atoms with Crippen LogP contribution in [0.2, 0.25) is 0 Å². The molecule has 0 aromatic heterocycles. The Morgan fingerprint density at radius 3 is 1.56 bits per heavy atom. The van der Waals surface area contributed by atoms with Gasteiger partial charge in [-0.2, -0.15) is 25.3 Å². The van der Waals surface area contributed by atoms with E-state index in [0.29, 0.717) is 0 Å². The molecule has 3 aromatic rings. The molecule has 0 saturated heterocycles. The van der Waals surface area contributed by atoms with Crippen LogP contribution in [0.15, 0.2) is 84.9 Å². The molecule has 3 aromatic carbocycles. The van der Waals surface area contributed by atoms with Crippen LogP contribution in [-0.2, 0) is 6.42 Å². The summed E-state index contributed by atoms with van der Waals surface area (Å²) >= 11 is 8.84. The van der Waals surface area contributed by atoms with E-state index < -0.39 is 7.26 Å². The number of benzene rings is 3. The summed E-state index contributed by atoms with van der Waals surface area (Å²) in [6.45, 7) is 0. The van der Waals surface area contributed by atoms with Gasteiger partial charge in [-0.1, -0.05) is 48.5 Å². The minimum absolute atomic E-state index is 0.888. The summed E-state index contributed by atoms with van der Waals surface area (Å²) in [6.07, 6.45) is 4.56. The molecule has 0 atom stereocenters. The van der Waals surface area contributed by atoms with Gasteiger partial charge in [0.15, 0.2) is 0 Å². The van der Waals surface area contributed by atoms with Gasteiger partial charge in [-0.15, -0.1) is 0 Å². The summed E-state index contributed by atoms with van der Waals surface area (Å²) < 4.78 is 0. The molecule has 0 aliphatic carbocycles. The summed E-state index contributed by atoms with van der Waals surface area (Å²) in [5.41, 5.74) is 1.36. The third-order valence-corrected chi connectivity index (χ3v) is 10.1. The van der Waals surface area contributed by atoms with Crippen molar-refractivity contribution < 1.29 is 0 Å². The smallest absolute Gasteiger partial charge is 0.112 e. The molecule has 0 amide bonds. The Kier molecular flexibility index (Phi) is 7.88. The molecule has 27 heavy (non-hydrogen) atoms. The minimum atomic E-state index is -1.67. The highest BCUT2D eigenvalue weighted by atomic mass is 32.1.